The normalized spacial score (nSPS) is 12.0. The van der Waals surface area contributed by atoms with Gasteiger partial charge in [0.1, 0.15) is 6.54 Å². The number of carbonyl (C=O) groups excluding carboxylic acids is 1. The van der Waals surface area contributed by atoms with Crippen molar-refractivity contribution in [3.8, 4) is 0 Å². The monoisotopic (exact) mass is 375 g/mol. The summed E-state index contributed by atoms with van der Waals surface area (Å²) in [5, 5.41) is 5.53. The molecule has 4 aromatic rings. The van der Waals surface area contributed by atoms with E-state index in [0.717, 1.165) is 10.4 Å². The standard InChI is InChI=1S/C21H17N3O2S/c25-19(13-24-14-22-17-10-5-4-9-16(17)21(24)26)23-20(18-11-6-12-27-18)15-7-2-1-3-8-15/h1-12,14,20H,13H2,(H,23,25)/t20-/m0/s1. The summed E-state index contributed by atoms with van der Waals surface area (Å²) in [4.78, 5) is 30.6. The van der Waals surface area contributed by atoms with E-state index in [1.807, 2.05) is 53.9 Å². The van der Waals surface area contributed by atoms with Crippen LogP contribution in [-0.4, -0.2) is 15.5 Å². The summed E-state index contributed by atoms with van der Waals surface area (Å²) in [5.41, 5.74) is 1.40. The van der Waals surface area contributed by atoms with E-state index in [4.69, 9.17) is 0 Å². The minimum Gasteiger partial charge on any atom is -0.343 e. The lowest BCUT2D eigenvalue weighted by atomic mass is 10.1. The number of hydrogen-bond donors (Lipinski definition) is 1. The highest BCUT2D eigenvalue weighted by atomic mass is 32.1. The smallest absolute Gasteiger partial charge is 0.261 e. The van der Waals surface area contributed by atoms with Crippen LogP contribution in [0, 0.1) is 0 Å². The molecule has 6 heteroatoms. The van der Waals surface area contributed by atoms with E-state index in [1.165, 1.54) is 10.9 Å². The van der Waals surface area contributed by atoms with E-state index < -0.39 is 0 Å². The van der Waals surface area contributed by atoms with E-state index in [9.17, 15) is 9.59 Å². The van der Waals surface area contributed by atoms with Crippen LogP contribution in [0.2, 0.25) is 0 Å². The summed E-state index contributed by atoms with van der Waals surface area (Å²) in [7, 11) is 0. The number of hydrogen-bond acceptors (Lipinski definition) is 4. The maximum atomic E-state index is 12.7. The van der Waals surface area contributed by atoms with Gasteiger partial charge in [-0.05, 0) is 29.1 Å². The van der Waals surface area contributed by atoms with E-state index in [2.05, 4.69) is 10.3 Å². The van der Waals surface area contributed by atoms with Crippen molar-refractivity contribution in [2.45, 2.75) is 12.6 Å². The van der Waals surface area contributed by atoms with Crippen LogP contribution in [0.3, 0.4) is 0 Å². The molecule has 1 N–H and O–H groups in total. The predicted octanol–water partition coefficient (Wildman–Crippen LogP) is 3.36. The third-order valence-electron chi connectivity index (χ3n) is 4.31. The minimum absolute atomic E-state index is 0.0780. The lowest BCUT2D eigenvalue weighted by Gasteiger charge is -2.18. The third kappa shape index (κ3) is 3.66. The highest BCUT2D eigenvalue weighted by molar-refractivity contribution is 7.10. The van der Waals surface area contributed by atoms with E-state index in [-0.39, 0.29) is 24.1 Å². The second-order valence-electron chi connectivity index (χ2n) is 6.12. The first-order valence-corrected chi connectivity index (χ1v) is 9.42. The maximum Gasteiger partial charge on any atom is 0.261 e. The van der Waals surface area contributed by atoms with Crippen LogP contribution in [0.1, 0.15) is 16.5 Å². The molecular formula is C21H17N3O2S. The van der Waals surface area contributed by atoms with Crippen molar-refractivity contribution in [3.05, 3.63) is 99.2 Å². The highest BCUT2D eigenvalue weighted by Gasteiger charge is 2.18. The van der Waals surface area contributed by atoms with Crippen LogP contribution in [0.4, 0.5) is 0 Å². The quantitative estimate of drug-likeness (QED) is 0.582. The SMILES string of the molecule is O=C(Cn1cnc2ccccc2c1=O)N[C@@H](c1ccccc1)c1cccs1. The van der Waals surface area contributed by atoms with Crippen molar-refractivity contribution in [3.63, 3.8) is 0 Å². The molecule has 134 valence electrons. The van der Waals surface area contributed by atoms with Gasteiger partial charge in [0, 0.05) is 4.88 Å². The topological polar surface area (TPSA) is 64.0 Å². The summed E-state index contributed by atoms with van der Waals surface area (Å²) < 4.78 is 1.34. The lowest BCUT2D eigenvalue weighted by Crippen LogP contribution is -2.35. The molecule has 0 bridgehead atoms. The first-order valence-electron chi connectivity index (χ1n) is 8.54. The first kappa shape index (κ1) is 17.2. The van der Waals surface area contributed by atoms with Crippen molar-refractivity contribution >= 4 is 28.1 Å². The first-order chi connectivity index (χ1) is 13.2. The lowest BCUT2D eigenvalue weighted by molar-refractivity contribution is -0.122. The Morgan fingerprint density at radius 1 is 1.04 bits per heavy atom. The fourth-order valence-electron chi connectivity index (χ4n) is 3.00. The summed E-state index contributed by atoms with van der Waals surface area (Å²) >= 11 is 1.58. The zero-order chi connectivity index (χ0) is 18.6. The molecule has 1 atom stereocenters. The number of para-hydroxylation sites is 1. The van der Waals surface area contributed by atoms with Crippen LogP contribution in [-0.2, 0) is 11.3 Å². The second kappa shape index (κ2) is 7.55. The van der Waals surface area contributed by atoms with Gasteiger partial charge in [0.15, 0.2) is 0 Å². The van der Waals surface area contributed by atoms with Crippen molar-refractivity contribution < 1.29 is 4.79 Å². The highest BCUT2D eigenvalue weighted by Crippen LogP contribution is 2.25. The Morgan fingerprint density at radius 2 is 1.81 bits per heavy atom. The zero-order valence-corrected chi connectivity index (χ0v) is 15.2. The van der Waals surface area contributed by atoms with Gasteiger partial charge in [-0.25, -0.2) is 4.98 Å². The Hall–Kier alpha value is -3.25. The molecule has 2 aromatic carbocycles. The molecule has 0 radical (unpaired) electrons. The Labute approximate surface area is 159 Å². The maximum absolute atomic E-state index is 12.7. The molecule has 2 heterocycles. The summed E-state index contributed by atoms with van der Waals surface area (Å²) in [6, 6.07) is 20.6. The molecule has 1 amide bonds. The molecular weight excluding hydrogens is 358 g/mol. The average molecular weight is 375 g/mol. The largest absolute Gasteiger partial charge is 0.343 e. The molecule has 0 saturated heterocycles. The molecule has 0 aliphatic heterocycles. The van der Waals surface area contributed by atoms with Crippen LogP contribution in [0.15, 0.2) is 83.2 Å². The molecule has 4 rings (SSSR count). The van der Waals surface area contributed by atoms with Gasteiger partial charge in [-0.3, -0.25) is 14.2 Å². The molecule has 0 aliphatic rings. The number of nitrogens with zero attached hydrogens (tertiary/aromatic N) is 2. The fraction of sp³-hybridized carbons (Fsp3) is 0.0952. The Kier molecular flexibility index (Phi) is 4.80. The number of aromatic nitrogens is 2. The van der Waals surface area contributed by atoms with Gasteiger partial charge in [0.2, 0.25) is 5.91 Å². The molecule has 0 spiro atoms. The third-order valence-corrected chi connectivity index (χ3v) is 5.25. The van der Waals surface area contributed by atoms with Gasteiger partial charge in [-0.2, -0.15) is 0 Å². The predicted molar refractivity (Wildman–Crippen MR) is 107 cm³/mol. The van der Waals surface area contributed by atoms with Crippen LogP contribution < -0.4 is 10.9 Å². The summed E-state index contributed by atoms with van der Waals surface area (Å²) in [5.74, 6) is -0.239. The number of benzene rings is 2. The minimum atomic E-state index is -0.247. The van der Waals surface area contributed by atoms with Crippen molar-refractivity contribution in [2.75, 3.05) is 0 Å². The van der Waals surface area contributed by atoms with Gasteiger partial charge >= 0.3 is 0 Å². The average Bonchev–Trinajstić information content (AvgIpc) is 3.24. The summed E-state index contributed by atoms with van der Waals surface area (Å²) in [6.45, 7) is -0.0780. The van der Waals surface area contributed by atoms with Crippen LogP contribution in [0.5, 0.6) is 0 Å². The van der Waals surface area contributed by atoms with E-state index in [0.29, 0.717) is 10.9 Å². The fourth-order valence-corrected chi connectivity index (χ4v) is 3.80. The van der Waals surface area contributed by atoms with Gasteiger partial charge < -0.3 is 5.32 Å². The van der Waals surface area contributed by atoms with Gasteiger partial charge in [0.25, 0.3) is 5.56 Å². The molecule has 0 aliphatic carbocycles. The van der Waals surface area contributed by atoms with Crippen molar-refractivity contribution in [1.29, 1.82) is 0 Å². The molecule has 5 nitrogen and oxygen atoms in total. The van der Waals surface area contributed by atoms with Crippen molar-refractivity contribution in [1.82, 2.24) is 14.9 Å². The number of nitrogens with one attached hydrogen (secondary N) is 1. The molecule has 27 heavy (non-hydrogen) atoms. The van der Waals surface area contributed by atoms with E-state index in [1.54, 1.807) is 29.5 Å². The Morgan fingerprint density at radius 3 is 2.59 bits per heavy atom. The number of rotatable bonds is 5. The van der Waals surface area contributed by atoms with Crippen LogP contribution >= 0.6 is 11.3 Å². The number of thiophene rings is 1. The van der Waals surface area contributed by atoms with Crippen molar-refractivity contribution in [2.24, 2.45) is 0 Å². The van der Waals surface area contributed by atoms with Gasteiger partial charge in [-0.15, -0.1) is 11.3 Å². The zero-order valence-electron chi connectivity index (χ0n) is 14.4. The van der Waals surface area contributed by atoms with Gasteiger partial charge in [0.05, 0.1) is 23.3 Å². The summed E-state index contributed by atoms with van der Waals surface area (Å²) in [6.07, 6.45) is 1.42. The second-order valence-corrected chi connectivity index (χ2v) is 7.10. The number of fused-ring (bicyclic) bond motifs is 1. The van der Waals surface area contributed by atoms with Gasteiger partial charge in [-0.1, -0.05) is 48.5 Å². The number of carbonyl (C=O) groups is 1. The molecule has 0 fully saturated rings. The molecule has 0 unspecified atom stereocenters. The van der Waals surface area contributed by atoms with E-state index >= 15 is 0 Å². The Balaban J connectivity index is 1.59. The molecule has 2 aromatic heterocycles. The number of amides is 1. The molecule has 0 saturated carbocycles. The Bertz CT molecular complexity index is 1120. The van der Waals surface area contributed by atoms with Crippen LogP contribution in [0.25, 0.3) is 10.9 Å².